The van der Waals surface area contributed by atoms with E-state index in [1.54, 1.807) is 12.1 Å². The first-order valence-corrected chi connectivity index (χ1v) is 10.8. The van der Waals surface area contributed by atoms with Gasteiger partial charge in [-0.25, -0.2) is 0 Å². The van der Waals surface area contributed by atoms with E-state index in [0.29, 0.717) is 42.6 Å². The fraction of sp³-hybridized carbons (Fsp3) is 0.480. The third-order valence-corrected chi connectivity index (χ3v) is 4.78. The van der Waals surface area contributed by atoms with Crippen LogP contribution in [0.3, 0.4) is 0 Å². The van der Waals surface area contributed by atoms with Crippen molar-refractivity contribution >= 4 is 11.6 Å². The molecule has 0 aliphatic heterocycles. The second kappa shape index (κ2) is 10.9. The van der Waals surface area contributed by atoms with Crippen molar-refractivity contribution in [3.63, 3.8) is 0 Å². The number of amides is 1. The first-order valence-electron chi connectivity index (χ1n) is 10.8. The van der Waals surface area contributed by atoms with Crippen LogP contribution in [-0.2, 0) is 0 Å². The van der Waals surface area contributed by atoms with Crippen LogP contribution in [0.2, 0.25) is 0 Å². The van der Waals surface area contributed by atoms with Crippen LogP contribution in [0.25, 0.3) is 0 Å². The third-order valence-electron chi connectivity index (χ3n) is 4.78. The maximum atomic E-state index is 13.3. The maximum Gasteiger partial charge on any atom is 0.255 e. The van der Waals surface area contributed by atoms with Crippen LogP contribution < -0.4 is 19.5 Å². The van der Waals surface area contributed by atoms with E-state index >= 15 is 0 Å². The van der Waals surface area contributed by atoms with Crippen molar-refractivity contribution in [2.45, 2.75) is 60.3 Å². The van der Waals surface area contributed by atoms with E-state index in [1.165, 1.54) is 0 Å². The van der Waals surface area contributed by atoms with Gasteiger partial charge in [0.1, 0.15) is 0 Å². The van der Waals surface area contributed by atoms with Crippen LogP contribution in [0.4, 0.5) is 5.69 Å². The molecular formula is C25H35NO4. The Balaban J connectivity index is 2.51. The molecular weight excluding hydrogens is 378 g/mol. The van der Waals surface area contributed by atoms with Crippen molar-refractivity contribution in [2.24, 2.45) is 0 Å². The molecule has 0 aromatic heterocycles. The normalized spacial score (nSPS) is 11.0. The van der Waals surface area contributed by atoms with Crippen LogP contribution in [0.5, 0.6) is 17.2 Å². The molecule has 0 aliphatic rings. The zero-order valence-electron chi connectivity index (χ0n) is 19.3. The Morgan fingerprint density at radius 1 is 0.833 bits per heavy atom. The first-order chi connectivity index (χ1) is 14.3. The summed E-state index contributed by atoms with van der Waals surface area (Å²) < 4.78 is 17.3. The molecule has 0 saturated carbocycles. The fourth-order valence-electron chi connectivity index (χ4n) is 3.40. The molecule has 5 nitrogen and oxygen atoms in total. The summed E-state index contributed by atoms with van der Waals surface area (Å²) in [4.78, 5) is 13.3. The topological polar surface area (TPSA) is 56.8 Å². The van der Waals surface area contributed by atoms with Crippen molar-refractivity contribution < 1.29 is 19.0 Å². The number of rotatable bonds is 10. The Kier molecular flexibility index (Phi) is 8.58. The molecule has 1 N–H and O–H groups in total. The van der Waals surface area contributed by atoms with Crippen LogP contribution in [0, 0.1) is 0 Å². The summed E-state index contributed by atoms with van der Waals surface area (Å²) in [5, 5.41) is 3.16. The van der Waals surface area contributed by atoms with E-state index in [4.69, 9.17) is 14.2 Å². The SMILES string of the molecule is CCOc1cc(C(=O)Nc2c(C(C)C)cccc2C(C)C)cc(OCC)c1OCC. The summed E-state index contributed by atoms with van der Waals surface area (Å²) >= 11 is 0. The van der Waals surface area contributed by atoms with E-state index < -0.39 is 0 Å². The van der Waals surface area contributed by atoms with Gasteiger partial charge in [-0.05, 0) is 55.9 Å². The van der Waals surface area contributed by atoms with E-state index in [1.807, 2.05) is 20.8 Å². The standard InChI is InChI=1S/C25H35NO4/c1-8-28-21-14-18(15-22(29-9-2)24(21)30-10-3)25(27)26-23-19(16(4)5)12-11-13-20(23)17(6)7/h11-17H,8-10H2,1-7H3,(H,26,27). The quantitative estimate of drug-likeness (QED) is 0.491. The molecule has 0 saturated heterocycles. The lowest BCUT2D eigenvalue weighted by atomic mass is 9.92. The number of ether oxygens (including phenoxy) is 3. The molecule has 2 aromatic rings. The second-order valence-electron chi connectivity index (χ2n) is 7.68. The van der Waals surface area contributed by atoms with Gasteiger partial charge in [0.05, 0.1) is 19.8 Å². The highest BCUT2D eigenvalue weighted by atomic mass is 16.5. The Bertz CT molecular complexity index is 805. The molecule has 0 spiro atoms. The molecule has 0 heterocycles. The number of carbonyl (C=O) groups is 1. The number of benzene rings is 2. The van der Waals surface area contributed by atoms with Crippen LogP contribution >= 0.6 is 0 Å². The summed E-state index contributed by atoms with van der Waals surface area (Å²) in [7, 11) is 0. The van der Waals surface area contributed by atoms with Gasteiger partial charge in [0.2, 0.25) is 5.75 Å². The summed E-state index contributed by atoms with van der Waals surface area (Å²) in [5.41, 5.74) is 3.60. The highest BCUT2D eigenvalue weighted by Crippen LogP contribution is 2.40. The number of carbonyl (C=O) groups excluding carboxylic acids is 1. The van der Waals surface area contributed by atoms with Gasteiger partial charge in [-0.2, -0.15) is 0 Å². The van der Waals surface area contributed by atoms with Gasteiger partial charge < -0.3 is 19.5 Å². The molecule has 0 atom stereocenters. The average Bonchev–Trinajstić information content (AvgIpc) is 2.70. The Labute approximate surface area is 180 Å². The van der Waals surface area contributed by atoms with Gasteiger partial charge in [-0.3, -0.25) is 4.79 Å². The molecule has 5 heteroatoms. The predicted molar refractivity (Wildman–Crippen MR) is 123 cm³/mol. The van der Waals surface area contributed by atoms with Crippen molar-refractivity contribution in [1.29, 1.82) is 0 Å². The van der Waals surface area contributed by atoms with Gasteiger partial charge in [-0.15, -0.1) is 0 Å². The third kappa shape index (κ3) is 5.47. The molecule has 0 radical (unpaired) electrons. The number of hydrogen-bond acceptors (Lipinski definition) is 4. The lowest BCUT2D eigenvalue weighted by Crippen LogP contribution is -2.16. The van der Waals surface area contributed by atoms with Gasteiger partial charge >= 0.3 is 0 Å². The molecule has 0 unspecified atom stereocenters. The number of anilines is 1. The Hall–Kier alpha value is -2.69. The predicted octanol–water partition coefficient (Wildman–Crippen LogP) is 6.38. The lowest BCUT2D eigenvalue weighted by Gasteiger charge is -2.21. The van der Waals surface area contributed by atoms with Crippen LogP contribution in [0.1, 0.15) is 81.8 Å². The van der Waals surface area contributed by atoms with E-state index in [-0.39, 0.29) is 17.7 Å². The molecule has 164 valence electrons. The number of para-hydroxylation sites is 1. The van der Waals surface area contributed by atoms with Gasteiger partial charge in [0, 0.05) is 11.3 Å². The molecule has 0 fully saturated rings. The Morgan fingerprint density at radius 3 is 1.70 bits per heavy atom. The minimum absolute atomic E-state index is 0.199. The van der Waals surface area contributed by atoms with Crippen molar-refractivity contribution in [3.8, 4) is 17.2 Å². The molecule has 0 aliphatic carbocycles. The first kappa shape index (κ1) is 23.6. The lowest BCUT2D eigenvalue weighted by molar-refractivity contribution is 0.102. The highest BCUT2D eigenvalue weighted by Gasteiger charge is 2.21. The van der Waals surface area contributed by atoms with Crippen molar-refractivity contribution in [3.05, 3.63) is 47.0 Å². The largest absolute Gasteiger partial charge is 0.490 e. The monoisotopic (exact) mass is 413 g/mol. The number of hydrogen-bond donors (Lipinski definition) is 1. The summed E-state index contributed by atoms with van der Waals surface area (Å²) in [5.74, 6) is 1.93. The van der Waals surface area contributed by atoms with Crippen LogP contribution in [0.15, 0.2) is 30.3 Å². The minimum Gasteiger partial charge on any atom is -0.490 e. The molecule has 2 aromatic carbocycles. The molecule has 30 heavy (non-hydrogen) atoms. The summed E-state index contributed by atoms with van der Waals surface area (Å²) in [6.45, 7) is 15.6. The second-order valence-corrected chi connectivity index (χ2v) is 7.68. The van der Waals surface area contributed by atoms with Crippen LogP contribution in [-0.4, -0.2) is 25.7 Å². The van der Waals surface area contributed by atoms with Gasteiger partial charge in [0.25, 0.3) is 5.91 Å². The molecule has 2 rings (SSSR count). The highest BCUT2D eigenvalue weighted by molar-refractivity contribution is 6.06. The summed E-state index contributed by atoms with van der Waals surface area (Å²) in [6.07, 6.45) is 0. The average molecular weight is 414 g/mol. The summed E-state index contributed by atoms with van der Waals surface area (Å²) in [6, 6.07) is 9.64. The van der Waals surface area contributed by atoms with Crippen molar-refractivity contribution in [1.82, 2.24) is 0 Å². The maximum absolute atomic E-state index is 13.3. The van der Waals surface area contributed by atoms with E-state index in [9.17, 15) is 4.79 Å². The minimum atomic E-state index is -0.199. The smallest absolute Gasteiger partial charge is 0.255 e. The van der Waals surface area contributed by atoms with Gasteiger partial charge in [0.15, 0.2) is 11.5 Å². The van der Waals surface area contributed by atoms with E-state index in [2.05, 4.69) is 51.2 Å². The fourth-order valence-corrected chi connectivity index (χ4v) is 3.40. The molecule has 0 bridgehead atoms. The Morgan fingerprint density at radius 2 is 1.30 bits per heavy atom. The zero-order chi connectivity index (χ0) is 22.3. The van der Waals surface area contributed by atoms with Gasteiger partial charge in [-0.1, -0.05) is 45.9 Å². The molecule has 1 amide bonds. The number of nitrogens with one attached hydrogen (secondary N) is 1. The van der Waals surface area contributed by atoms with E-state index in [0.717, 1.165) is 16.8 Å². The van der Waals surface area contributed by atoms with Crippen molar-refractivity contribution in [2.75, 3.05) is 25.1 Å². The zero-order valence-corrected chi connectivity index (χ0v) is 19.3.